The van der Waals surface area contributed by atoms with Crippen LogP contribution in [-0.4, -0.2) is 25.0 Å². The van der Waals surface area contributed by atoms with Crippen LogP contribution < -0.4 is 10.2 Å². The smallest absolute Gasteiger partial charge is 0.224 e. The first kappa shape index (κ1) is 14.4. The SMILES string of the molecule is O=C(Cc1ccc(N2CCCCC2)cc1)NC1CCCC1. The number of carbonyl (C=O) groups excluding carboxylic acids is 1. The fourth-order valence-electron chi connectivity index (χ4n) is 3.51. The zero-order chi connectivity index (χ0) is 14.5. The summed E-state index contributed by atoms with van der Waals surface area (Å²) in [6, 6.07) is 8.98. The molecule has 114 valence electrons. The fraction of sp³-hybridized carbons (Fsp3) is 0.611. The van der Waals surface area contributed by atoms with Crippen molar-refractivity contribution in [3.63, 3.8) is 0 Å². The van der Waals surface area contributed by atoms with E-state index in [9.17, 15) is 4.79 Å². The summed E-state index contributed by atoms with van der Waals surface area (Å²) < 4.78 is 0. The van der Waals surface area contributed by atoms with Gasteiger partial charge in [0, 0.05) is 24.8 Å². The van der Waals surface area contributed by atoms with Crippen molar-refractivity contribution in [2.24, 2.45) is 0 Å². The normalized spacial score (nSPS) is 19.7. The average Bonchev–Trinajstić information content (AvgIpc) is 3.02. The molecule has 1 amide bonds. The number of nitrogens with zero attached hydrogens (tertiary/aromatic N) is 1. The van der Waals surface area contributed by atoms with E-state index in [1.165, 1.54) is 50.9 Å². The zero-order valence-electron chi connectivity index (χ0n) is 12.8. The summed E-state index contributed by atoms with van der Waals surface area (Å²) in [5, 5.41) is 3.16. The summed E-state index contributed by atoms with van der Waals surface area (Å²) in [5.41, 5.74) is 2.42. The van der Waals surface area contributed by atoms with Crippen LogP contribution in [0.15, 0.2) is 24.3 Å². The second-order valence-electron chi connectivity index (χ2n) is 6.44. The average molecular weight is 286 g/mol. The number of hydrogen-bond donors (Lipinski definition) is 1. The molecule has 21 heavy (non-hydrogen) atoms. The minimum atomic E-state index is 0.174. The summed E-state index contributed by atoms with van der Waals surface area (Å²) in [6.45, 7) is 2.34. The van der Waals surface area contributed by atoms with Gasteiger partial charge >= 0.3 is 0 Å². The molecule has 2 fully saturated rings. The topological polar surface area (TPSA) is 32.3 Å². The van der Waals surface area contributed by atoms with Gasteiger partial charge in [-0.2, -0.15) is 0 Å². The van der Waals surface area contributed by atoms with Crippen molar-refractivity contribution < 1.29 is 4.79 Å². The minimum Gasteiger partial charge on any atom is -0.372 e. The monoisotopic (exact) mass is 286 g/mol. The van der Waals surface area contributed by atoms with E-state index in [2.05, 4.69) is 34.5 Å². The van der Waals surface area contributed by atoms with Crippen molar-refractivity contribution in [3.8, 4) is 0 Å². The maximum Gasteiger partial charge on any atom is 0.224 e. The van der Waals surface area contributed by atoms with Crippen LogP contribution in [0.2, 0.25) is 0 Å². The molecule has 0 aromatic heterocycles. The Morgan fingerprint density at radius 3 is 2.33 bits per heavy atom. The largest absolute Gasteiger partial charge is 0.372 e. The van der Waals surface area contributed by atoms with Crippen LogP contribution in [0.25, 0.3) is 0 Å². The molecule has 1 aromatic rings. The third-order valence-electron chi connectivity index (χ3n) is 4.74. The van der Waals surface area contributed by atoms with Crippen molar-refractivity contribution in [3.05, 3.63) is 29.8 Å². The fourth-order valence-corrected chi connectivity index (χ4v) is 3.51. The van der Waals surface area contributed by atoms with Crippen molar-refractivity contribution in [2.45, 2.75) is 57.4 Å². The Bertz CT molecular complexity index is 457. The van der Waals surface area contributed by atoms with E-state index in [1.807, 2.05) is 0 Å². The van der Waals surface area contributed by atoms with Crippen LogP contribution in [0.5, 0.6) is 0 Å². The van der Waals surface area contributed by atoms with Gasteiger partial charge in [0.15, 0.2) is 0 Å². The lowest BCUT2D eigenvalue weighted by molar-refractivity contribution is -0.121. The summed E-state index contributed by atoms with van der Waals surface area (Å²) >= 11 is 0. The molecule has 1 aliphatic carbocycles. The van der Waals surface area contributed by atoms with Crippen LogP contribution in [-0.2, 0) is 11.2 Å². The van der Waals surface area contributed by atoms with Gasteiger partial charge < -0.3 is 10.2 Å². The highest BCUT2D eigenvalue weighted by atomic mass is 16.1. The maximum absolute atomic E-state index is 12.0. The second kappa shape index (κ2) is 6.97. The van der Waals surface area contributed by atoms with E-state index < -0.39 is 0 Å². The Morgan fingerprint density at radius 2 is 1.67 bits per heavy atom. The van der Waals surface area contributed by atoms with E-state index in [-0.39, 0.29) is 5.91 Å². The van der Waals surface area contributed by atoms with E-state index in [4.69, 9.17) is 0 Å². The van der Waals surface area contributed by atoms with Gasteiger partial charge in [0.25, 0.3) is 0 Å². The Kier molecular flexibility index (Phi) is 4.79. The highest BCUT2D eigenvalue weighted by Gasteiger charge is 2.17. The standard InChI is InChI=1S/C18H26N2O/c21-18(19-16-6-2-3-7-16)14-15-8-10-17(11-9-15)20-12-4-1-5-13-20/h8-11,16H,1-7,12-14H2,(H,19,21). The molecule has 2 aliphatic rings. The third kappa shape index (κ3) is 3.99. The molecule has 1 heterocycles. The Labute approximate surface area is 127 Å². The lowest BCUT2D eigenvalue weighted by Gasteiger charge is -2.28. The van der Waals surface area contributed by atoms with E-state index in [0.29, 0.717) is 12.5 Å². The van der Waals surface area contributed by atoms with E-state index in [1.54, 1.807) is 0 Å². The van der Waals surface area contributed by atoms with Gasteiger partial charge in [0.2, 0.25) is 5.91 Å². The van der Waals surface area contributed by atoms with Crippen LogP contribution in [0.1, 0.15) is 50.5 Å². The van der Waals surface area contributed by atoms with E-state index in [0.717, 1.165) is 18.4 Å². The molecule has 0 unspecified atom stereocenters. The molecular weight excluding hydrogens is 260 g/mol. The van der Waals surface area contributed by atoms with E-state index >= 15 is 0 Å². The number of amides is 1. The summed E-state index contributed by atoms with van der Waals surface area (Å²) in [7, 11) is 0. The summed E-state index contributed by atoms with van der Waals surface area (Å²) in [6.07, 6.45) is 9.29. The van der Waals surface area contributed by atoms with Gasteiger partial charge in [-0.25, -0.2) is 0 Å². The molecule has 0 spiro atoms. The summed E-state index contributed by atoms with van der Waals surface area (Å²) in [5.74, 6) is 0.174. The van der Waals surface area contributed by atoms with Crippen molar-refractivity contribution in [1.82, 2.24) is 5.32 Å². The molecule has 0 radical (unpaired) electrons. The van der Waals surface area contributed by atoms with Crippen molar-refractivity contribution >= 4 is 11.6 Å². The Balaban J connectivity index is 1.52. The predicted molar refractivity (Wildman–Crippen MR) is 86.6 cm³/mol. The molecule has 3 heteroatoms. The molecular formula is C18H26N2O. The first-order valence-corrected chi connectivity index (χ1v) is 8.44. The van der Waals surface area contributed by atoms with Crippen LogP contribution in [0.3, 0.4) is 0 Å². The predicted octanol–water partition coefficient (Wildman–Crippen LogP) is 3.28. The van der Waals surface area contributed by atoms with Crippen LogP contribution in [0, 0.1) is 0 Å². The molecule has 1 saturated heterocycles. The summed E-state index contributed by atoms with van der Waals surface area (Å²) in [4.78, 5) is 14.5. The van der Waals surface area contributed by atoms with Gasteiger partial charge in [0.05, 0.1) is 6.42 Å². The van der Waals surface area contributed by atoms with Gasteiger partial charge in [-0.3, -0.25) is 4.79 Å². The minimum absolute atomic E-state index is 0.174. The van der Waals surface area contributed by atoms with Gasteiger partial charge in [-0.1, -0.05) is 25.0 Å². The maximum atomic E-state index is 12.0. The molecule has 3 nitrogen and oxygen atoms in total. The molecule has 0 bridgehead atoms. The number of rotatable bonds is 4. The van der Waals surface area contributed by atoms with Crippen molar-refractivity contribution in [2.75, 3.05) is 18.0 Å². The highest BCUT2D eigenvalue weighted by molar-refractivity contribution is 5.79. The molecule has 1 saturated carbocycles. The Morgan fingerprint density at radius 1 is 1.00 bits per heavy atom. The van der Waals surface area contributed by atoms with Gasteiger partial charge in [-0.05, 0) is 49.8 Å². The van der Waals surface area contributed by atoms with Crippen LogP contribution >= 0.6 is 0 Å². The van der Waals surface area contributed by atoms with Crippen LogP contribution in [0.4, 0.5) is 5.69 Å². The number of hydrogen-bond acceptors (Lipinski definition) is 2. The number of anilines is 1. The molecule has 1 aromatic carbocycles. The first-order chi connectivity index (χ1) is 10.3. The second-order valence-corrected chi connectivity index (χ2v) is 6.44. The molecule has 3 rings (SSSR count). The van der Waals surface area contributed by atoms with Gasteiger partial charge in [-0.15, -0.1) is 0 Å². The number of nitrogens with one attached hydrogen (secondary N) is 1. The zero-order valence-corrected chi connectivity index (χ0v) is 12.8. The first-order valence-electron chi connectivity index (χ1n) is 8.44. The number of piperidine rings is 1. The highest BCUT2D eigenvalue weighted by Crippen LogP contribution is 2.21. The van der Waals surface area contributed by atoms with Crippen molar-refractivity contribution in [1.29, 1.82) is 0 Å². The lowest BCUT2D eigenvalue weighted by Crippen LogP contribution is -2.33. The van der Waals surface area contributed by atoms with Gasteiger partial charge in [0.1, 0.15) is 0 Å². The molecule has 0 atom stereocenters. The number of benzene rings is 1. The quantitative estimate of drug-likeness (QED) is 0.921. The number of carbonyl (C=O) groups is 1. The Hall–Kier alpha value is -1.51. The third-order valence-corrected chi connectivity index (χ3v) is 4.74. The molecule has 1 aliphatic heterocycles. The lowest BCUT2D eigenvalue weighted by atomic mass is 10.1. The molecule has 1 N–H and O–H groups in total.